The molecule has 0 spiro atoms. The number of hydrogen-bond donors (Lipinski definition) is 2. The van der Waals surface area contributed by atoms with Crippen molar-refractivity contribution in [3.8, 4) is 5.75 Å². The number of aliphatic carboxylic acids is 1. The molecule has 0 aromatic heterocycles. The summed E-state index contributed by atoms with van der Waals surface area (Å²) < 4.78 is 11.3. The molecule has 9 nitrogen and oxygen atoms in total. The Morgan fingerprint density at radius 2 is 2.21 bits per heavy atom. The van der Waals surface area contributed by atoms with Crippen LogP contribution in [0.4, 0.5) is 0 Å². The Labute approximate surface area is 173 Å². The molecular formula is C17H18BrN3O6S. The number of hydrogen-bond acceptors (Lipinski definition) is 8. The first-order chi connectivity index (χ1) is 13.4. The smallest absolute Gasteiger partial charge is 0.309 e. The fraction of sp³-hybridized carbons (Fsp3) is 0.353. The van der Waals surface area contributed by atoms with Crippen LogP contribution in [0.5, 0.6) is 5.75 Å². The van der Waals surface area contributed by atoms with Gasteiger partial charge >= 0.3 is 11.9 Å². The molecule has 1 amide bonds. The van der Waals surface area contributed by atoms with Crippen LogP contribution in [0.2, 0.25) is 0 Å². The number of thioether (sulfide) groups is 1. The van der Waals surface area contributed by atoms with Gasteiger partial charge in [0.15, 0.2) is 5.17 Å². The molecule has 150 valence electrons. The Hall–Kier alpha value is -2.40. The van der Waals surface area contributed by atoms with E-state index in [2.05, 4.69) is 31.4 Å². The standard InChI is InChI=1S/C17H18BrN3O6S/c1-2-26-15(24)5-6-27-12-4-3-11(18)7-10(12)9-19-21-17-20-16(25)13(28-17)8-14(22)23/h3-4,7,9,13H,2,5-6,8H2,1H3,(H,22,23)(H,20,21,25). The minimum atomic E-state index is -1.06. The largest absolute Gasteiger partial charge is 0.492 e. The monoisotopic (exact) mass is 471 g/mol. The number of rotatable bonds is 9. The van der Waals surface area contributed by atoms with Gasteiger partial charge in [0.1, 0.15) is 11.0 Å². The van der Waals surface area contributed by atoms with Gasteiger partial charge in [-0.2, -0.15) is 5.10 Å². The van der Waals surface area contributed by atoms with Crippen LogP contribution in [-0.4, -0.2) is 52.8 Å². The van der Waals surface area contributed by atoms with Crippen molar-refractivity contribution >= 4 is 56.9 Å². The van der Waals surface area contributed by atoms with Gasteiger partial charge < -0.3 is 19.9 Å². The lowest BCUT2D eigenvalue weighted by molar-refractivity contribution is -0.143. The number of carbonyl (C=O) groups excluding carboxylic acids is 2. The minimum absolute atomic E-state index is 0.121. The average molecular weight is 472 g/mol. The molecule has 1 saturated heterocycles. The Morgan fingerprint density at radius 1 is 1.43 bits per heavy atom. The normalized spacial score (nSPS) is 17.7. The quantitative estimate of drug-likeness (QED) is 0.321. The Kier molecular flexibility index (Phi) is 8.45. The molecule has 11 heteroatoms. The maximum Gasteiger partial charge on any atom is 0.309 e. The molecule has 1 aliphatic rings. The SMILES string of the molecule is CCOC(=O)CCOc1ccc(Br)cc1C=NN=C1NC(=O)C(CC(=O)O)S1. The van der Waals surface area contributed by atoms with E-state index in [0.29, 0.717) is 17.9 Å². The summed E-state index contributed by atoms with van der Waals surface area (Å²) >= 11 is 4.38. The van der Waals surface area contributed by atoms with Crippen LogP contribution >= 0.6 is 27.7 Å². The Morgan fingerprint density at radius 3 is 2.93 bits per heavy atom. The molecule has 1 unspecified atom stereocenters. The second kappa shape index (κ2) is 10.8. The molecule has 2 N–H and O–H groups in total. The number of halogens is 1. The van der Waals surface area contributed by atoms with Gasteiger partial charge in [0, 0.05) is 10.0 Å². The van der Waals surface area contributed by atoms with Crippen molar-refractivity contribution in [2.75, 3.05) is 13.2 Å². The van der Waals surface area contributed by atoms with Crippen LogP contribution in [0.25, 0.3) is 0 Å². The predicted octanol–water partition coefficient (Wildman–Crippen LogP) is 2.18. The fourth-order valence-corrected chi connectivity index (χ4v) is 3.41. The third-order valence-corrected chi connectivity index (χ3v) is 4.89. The summed E-state index contributed by atoms with van der Waals surface area (Å²) in [7, 11) is 0. The molecule has 0 aliphatic carbocycles. The van der Waals surface area contributed by atoms with Crippen molar-refractivity contribution in [1.29, 1.82) is 0 Å². The van der Waals surface area contributed by atoms with E-state index in [9.17, 15) is 14.4 Å². The van der Waals surface area contributed by atoms with Crippen molar-refractivity contribution in [2.24, 2.45) is 10.2 Å². The van der Waals surface area contributed by atoms with Crippen molar-refractivity contribution in [3.05, 3.63) is 28.2 Å². The maximum atomic E-state index is 11.7. The van der Waals surface area contributed by atoms with Crippen molar-refractivity contribution < 1.29 is 29.0 Å². The number of carboxylic acids is 1. The van der Waals surface area contributed by atoms with Crippen molar-refractivity contribution in [3.63, 3.8) is 0 Å². The van der Waals surface area contributed by atoms with E-state index in [-0.39, 0.29) is 30.6 Å². The van der Waals surface area contributed by atoms with Gasteiger partial charge in [-0.25, -0.2) is 0 Å². The Bertz CT molecular complexity index is 814. The lowest BCUT2D eigenvalue weighted by Crippen LogP contribution is -2.26. The first-order valence-corrected chi connectivity index (χ1v) is 9.94. The highest BCUT2D eigenvalue weighted by molar-refractivity contribution is 9.10. The second-order valence-corrected chi connectivity index (χ2v) is 7.54. The zero-order chi connectivity index (χ0) is 20.5. The summed E-state index contributed by atoms with van der Waals surface area (Å²) in [6.45, 7) is 2.20. The van der Waals surface area contributed by atoms with Crippen LogP contribution in [0, 0.1) is 0 Å². The van der Waals surface area contributed by atoms with E-state index in [1.54, 1.807) is 25.1 Å². The van der Waals surface area contributed by atoms with Crippen LogP contribution in [-0.2, 0) is 19.1 Å². The number of nitrogens with zero attached hydrogens (tertiary/aromatic N) is 2. The molecule has 28 heavy (non-hydrogen) atoms. The van der Waals surface area contributed by atoms with Gasteiger partial charge in [-0.3, -0.25) is 14.4 Å². The minimum Gasteiger partial charge on any atom is -0.492 e. The third-order valence-electron chi connectivity index (χ3n) is 3.32. The highest BCUT2D eigenvalue weighted by atomic mass is 79.9. The molecule has 2 rings (SSSR count). The van der Waals surface area contributed by atoms with E-state index in [1.807, 2.05) is 0 Å². The number of benzene rings is 1. The van der Waals surface area contributed by atoms with E-state index in [4.69, 9.17) is 14.6 Å². The maximum absolute atomic E-state index is 11.7. The number of amides is 1. The highest BCUT2D eigenvalue weighted by Crippen LogP contribution is 2.24. The topological polar surface area (TPSA) is 127 Å². The van der Waals surface area contributed by atoms with Gasteiger partial charge in [-0.15, -0.1) is 5.10 Å². The molecule has 0 saturated carbocycles. The number of carboxylic acid groups (broad SMARTS) is 1. The van der Waals surface area contributed by atoms with E-state index in [0.717, 1.165) is 16.2 Å². The van der Waals surface area contributed by atoms with Crippen LogP contribution in [0.1, 0.15) is 25.3 Å². The summed E-state index contributed by atoms with van der Waals surface area (Å²) in [5.41, 5.74) is 0.610. The molecule has 1 heterocycles. The second-order valence-electron chi connectivity index (χ2n) is 5.43. The van der Waals surface area contributed by atoms with Gasteiger partial charge in [-0.1, -0.05) is 27.7 Å². The molecule has 0 bridgehead atoms. The zero-order valence-corrected chi connectivity index (χ0v) is 17.3. The third kappa shape index (κ3) is 6.97. The number of amidine groups is 1. The van der Waals surface area contributed by atoms with Gasteiger partial charge in [-0.05, 0) is 25.1 Å². The molecule has 0 radical (unpaired) electrons. The van der Waals surface area contributed by atoms with Gasteiger partial charge in [0.05, 0.1) is 32.3 Å². The summed E-state index contributed by atoms with van der Waals surface area (Å²) in [6.07, 6.45) is 1.27. The van der Waals surface area contributed by atoms with E-state index < -0.39 is 17.1 Å². The van der Waals surface area contributed by atoms with Crippen LogP contribution in [0.15, 0.2) is 32.9 Å². The number of ether oxygens (including phenoxy) is 2. The van der Waals surface area contributed by atoms with Crippen LogP contribution < -0.4 is 10.1 Å². The number of carbonyl (C=O) groups is 3. The zero-order valence-electron chi connectivity index (χ0n) is 14.9. The first kappa shape index (κ1) is 21.9. The van der Waals surface area contributed by atoms with Crippen molar-refractivity contribution in [2.45, 2.75) is 25.0 Å². The lowest BCUT2D eigenvalue weighted by atomic mass is 10.2. The Balaban J connectivity index is 2.00. The van der Waals surface area contributed by atoms with Crippen molar-refractivity contribution in [1.82, 2.24) is 5.32 Å². The highest BCUT2D eigenvalue weighted by Gasteiger charge is 2.32. The van der Waals surface area contributed by atoms with Crippen LogP contribution in [0.3, 0.4) is 0 Å². The molecule has 1 atom stereocenters. The summed E-state index contributed by atoms with van der Waals surface area (Å²) in [6, 6.07) is 5.27. The lowest BCUT2D eigenvalue weighted by Gasteiger charge is -2.09. The summed E-state index contributed by atoms with van der Waals surface area (Å²) in [5.74, 6) is -1.31. The number of esters is 1. The predicted molar refractivity (Wildman–Crippen MR) is 108 cm³/mol. The van der Waals surface area contributed by atoms with Gasteiger partial charge in [0.2, 0.25) is 5.91 Å². The summed E-state index contributed by atoms with van der Waals surface area (Å²) in [4.78, 5) is 33.8. The molecule has 1 aromatic carbocycles. The molecule has 1 aliphatic heterocycles. The average Bonchev–Trinajstić information content (AvgIpc) is 2.96. The number of nitrogens with one attached hydrogen (secondary N) is 1. The molecule has 1 aromatic rings. The molecular weight excluding hydrogens is 454 g/mol. The fourth-order valence-electron chi connectivity index (χ4n) is 2.12. The van der Waals surface area contributed by atoms with E-state index in [1.165, 1.54) is 6.21 Å². The van der Waals surface area contributed by atoms with Gasteiger partial charge in [0.25, 0.3) is 0 Å². The van der Waals surface area contributed by atoms with E-state index >= 15 is 0 Å². The first-order valence-electron chi connectivity index (χ1n) is 8.27. The molecule has 1 fully saturated rings. The summed E-state index contributed by atoms with van der Waals surface area (Å²) in [5, 5.41) is 18.6.